The second-order valence-electron chi connectivity index (χ2n) is 10.8. The van der Waals surface area contributed by atoms with Crippen LogP contribution in [0.5, 0.6) is 0 Å². The molecule has 3 aromatic heterocycles. The predicted octanol–water partition coefficient (Wildman–Crippen LogP) is 6.64. The van der Waals surface area contributed by atoms with E-state index in [-0.39, 0.29) is 48.6 Å². The average molecular weight is 663 g/mol. The third-order valence-corrected chi connectivity index (χ3v) is 9.36. The highest BCUT2D eigenvalue weighted by Crippen LogP contribution is 2.26. The zero-order valence-electron chi connectivity index (χ0n) is 24.2. The van der Waals surface area contributed by atoms with Gasteiger partial charge in [0.05, 0.1) is 0 Å². The van der Waals surface area contributed by atoms with Gasteiger partial charge in [0.15, 0.2) is 5.78 Å². The number of hydrogen-bond acceptors (Lipinski definition) is 7. The Morgan fingerprint density at radius 2 is 1.58 bits per heavy atom. The molecule has 230 valence electrons. The molecule has 0 N–H and O–H groups in total. The quantitative estimate of drug-likeness (QED) is 0.125. The molecule has 2 saturated heterocycles. The van der Waals surface area contributed by atoms with E-state index in [0.29, 0.717) is 34.1 Å². The molecule has 5 heterocycles. The van der Waals surface area contributed by atoms with E-state index in [1.54, 1.807) is 16.8 Å². The summed E-state index contributed by atoms with van der Waals surface area (Å²) in [5.41, 5.74) is 3.55. The first kappa shape index (κ1) is 34.9. The number of likely N-dealkylation sites (tertiary alicyclic amines) is 1. The Balaban J connectivity index is 0.00000169. The minimum atomic E-state index is -0.0457. The van der Waals surface area contributed by atoms with Crippen LogP contribution in [0.1, 0.15) is 59.2 Å². The molecule has 0 spiro atoms. The van der Waals surface area contributed by atoms with Crippen LogP contribution in [0, 0.1) is 6.92 Å². The predicted molar refractivity (Wildman–Crippen MR) is 182 cm³/mol. The molecule has 2 aliphatic heterocycles. The second-order valence-corrected chi connectivity index (χ2v) is 11.8. The number of nitrogens with zero attached hydrogens (tertiary/aromatic N) is 5. The van der Waals surface area contributed by atoms with Crippen LogP contribution >= 0.6 is 49.0 Å². The van der Waals surface area contributed by atoms with E-state index in [2.05, 4.69) is 19.8 Å². The molecule has 0 radical (unpaired) electrons. The summed E-state index contributed by atoms with van der Waals surface area (Å²) >= 11 is 1.54. The zero-order chi connectivity index (χ0) is 27.5. The highest BCUT2D eigenvalue weighted by Gasteiger charge is 2.26. The van der Waals surface area contributed by atoms with Crippen molar-refractivity contribution in [3.05, 3.63) is 99.6 Å². The highest BCUT2D eigenvalue weighted by molar-refractivity contribution is 7.98. The lowest BCUT2D eigenvalue weighted by Gasteiger charge is -2.40. The summed E-state index contributed by atoms with van der Waals surface area (Å²) in [6.07, 6.45) is 9.87. The first-order valence-electron chi connectivity index (χ1n) is 14.3. The fraction of sp³-hybridized carbons (Fsp3) is 0.375. The van der Waals surface area contributed by atoms with E-state index in [1.807, 2.05) is 61.5 Å². The number of benzene rings is 1. The second kappa shape index (κ2) is 15.9. The number of rotatable bonds is 7. The Kier molecular flexibility index (Phi) is 12.9. The van der Waals surface area contributed by atoms with Crippen LogP contribution in [-0.2, 0) is 5.75 Å². The van der Waals surface area contributed by atoms with Gasteiger partial charge in [-0.15, -0.1) is 49.0 Å². The molecule has 0 saturated carbocycles. The van der Waals surface area contributed by atoms with Crippen molar-refractivity contribution in [1.82, 2.24) is 19.3 Å². The molecule has 0 bridgehead atoms. The van der Waals surface area contributed by atoms with Gasteiger partial charge >= 0.3 is 0 Å². The number of carbonyl (C=O) groups is 1. The lowest BCUT2D eigenvalue weighted by Crippen LogP contribution is -2.46. The van der Waals surface area contributed by atoms with Gasteiger partial charge in [0.1, 0.15) is 16.5 Å². The van der Waals surface area contributed by atoms with Crippen molar-refractivity contribution in [3.8, 4) is 0 Å². The van der Waals surface area contributed by atoms with Crippen molar-refractivity contribution in [2.45, 2.75) is 55.8 Å². The molecule has 7 nitrogen and oxygen atoms in total. The summed E-state index contributed by atoms with van der Waals surface area (Å²) in [5.74, 6) is 1.59. The van der Waals surface area contributed by atoms with E-state index in [1.165, 1.54) is 57.0 Å². The van der Waals surface area contributed by atoms with Crippen molar-refractivity contribution in [2.75, 3.05) is 31.1 Å². The lowest BCUT2D eigenvalue weighted by molar-refractivity contribution is 0.103. The van der Waals surface area contributed by atoms with Gasteiger partial charge in [0.25, 0.3) is 5.56 Å². The van der Waals surface area contributed by atoms with Gasteiger partial charge in [-0.05, 0) is 75.5 Å². The van der Waals surface area contributed by atoms with Gasteiger partial charge in [0, 0.05) is 54.0 Å². The Morgan fingerprint density at radius 3 is 2.26 bits per heavy atom. The van der Waals surface area contributed by atoms with E-state index < -0.39 is 0 Å². The van der Waals surface area contributed by atoms with E-state index >= 15 is 0 Å². The van der Waals surface area contributed by atoms with Crippen molar-refractivity contribution in [2.24, 2.45) is 0 Å². The Labute approximate surface area is 275 Å². The largest absolute Gasteiger partial charge is 0.357 e. The number of fused-ring (bicyclic) bond motifs is 1. The molecule has 0 unspecified atom stereocenters. The molecule has 6 rings (SSSR count). The average Bonchev–Trinajstić information content (AvgIpc) is 3.02. The van der Waals surface area contributed by atoms with Gasteiger partial charge < -0.3 is 9.80 Å². The Bertz CT molecular complexity index is 1550. The van der Waals surface area contributed by atoms with Crippen molar-refractivity contribution < 1.29 is 4.79 Å². The summed E-state index contributed by atoms with van der Waals surface area (Å²) in [5, 5.41) is 0.734. The monoisotopic (exact) mass is 661 g/mol. The molecule has 4 aromatic rings. The van der Waals surface area contributed by atoms with Gasteiger partial charge in [-0.25, -0.2) is 9.97 Å². The van der Waals surface area contributed by atoms with Crippen LogP contribution in [-0.4, -0.2) is 57.3 Å². The van der Waals surface area contributed by atoms with Crippen LogP contribution in [0.25, 0.3) is 5.65 Å². The summed E-state index contributed by atoms with van der Waals surface area (Å²) in [6.45, 7) is 6.36. The van der Waals surface area contributed by atoms with E-state index in [4.69, 9.17) is 0 Å². The summed E-state index contributed by atoms with van der Waals surface area (Å²) in [7, 11) is 0. The summed E-state index contributed by atoms with van der Waals surface area (Å²) < 4.78 is 1.57. The number of halogens is 3. The number of anilines is 1. The molecule has 0 amide bonds. The van der Waals surface area contributed by atoms with Gasteiger partial charge in [-0.1, -0.05) is 36.8 Å². The molecule has 0 aliphatic carbocycles. The van der Waals surface area contributed by atoms with Gasteiger partial charge in [0.2, 0.25) is 0 Å². The minimum absolute atomic E-state index is 0. The number of hydrogen-bond donors (Lipinski definition) is 0. The summed E-state index contributed by atoms with van der Waals surface area (Å²) in [4.78, 5) is 40.2. The van der Waals surface area contributed by atoms with Crippen LogP contribution < -0.4 is 10.5 Å². The molecular formula is C32H38Cl3N5O2S. The summed E-state index contributed by atoms with van der Waals surface area (Å²) in [6, 6.07) is 17.8. The van der Waals surface area contributed by atoms with Crippen LogP contribution in [0.4, 0.5) is 5.82 Å². The smallest absolute Gasteiger partial charge is 0.261 e. The van der Waals surface area contributed by atoms with Crippen molar-refractivity contribution in [1.29, 1.82) is 0 Å². The highest BCUT2D eigenvalue weighted by atomic mass is 35.5. The number of pyridine rings is 2. The number of piperidine rings is 2. The fourth-order valence-electron chi connectivity index (χ4n) is 5.82. The first-order chi connectivity index (χ1) is 19.6. The molecule has 43 heavy (non-hydrogen) atoms. The Hall–Kier alpha value is -2.62. The zero-order valence-corrected chi connectivity index (χ0v) is 27.5. The van der Waals surface area contributed by atoms with Gasteiger partial charge in [-0.3, -0.25) is 14.0 Å². The van der Waals surface area contributed by atoms with Crippen LogP contribution in [0.2, 0.25) is 0 Å². The van der Waals surface area contributed by atoms with E-state index in [0.717, 1.165) is 29.5 Å². The van der Waals surface area contributed by atoms with Gasteiger partial charge in [-0.2, -0.15) is 0 Å². The number of ketones is 1. The third kappa shape index (κ3) is 7.91. The van der Waals surface area contributed by atoms with Crippen molar-refractivity contribution >= 4 is 66.2 Å². The third-order valence-electron chi connectivity index (χ3n) is 8.21. The first-order valence-corrected chi connectivity index (χ1v) is 15.2. The van der Waals surface area contributed by atoms with E-state index in [9.17, 15) is 9.59 Å². The maximum absolute atomic E-state index is 13.1. The molecule has 11 heteroatoms. The maximum atomic E-state index is 13.1. The van der Waals surface area contributed by atoms with Crippen LogP contribution in [0.3, 0.4) is 0 Å². The molecule has 0 atom stereocenters. The minimum Gasteiger partial charge on any atom is -0.357 e. The fourth-order valence-corrected chi connectivity index (χ4v) is 6.78. The molecule has 2 fully saturated rings. The topological polar surface area (TPSA) is 70.8 Å². The molecular weight excluding hydrogens is 625 g/mol. The number of thioether (sulfide) groups is 1. The standard InChI is InChI=1S/C32H35N5O2S.3ClH/c1-23-31(34-29-7-3-6-18-37(29)32(23)39)40-22-24-8-10-25(11-9-24)30(38)26-12-13-28(33-21-26)36-19-14-27(15-20-36)35-16-4-2-5-17-35;;;/h3,6-13,18,21,27H,2,4-5,14-17,19-20,22H2,1H3;3*1H. The van der Waals surface area contributed by atoms with Crippen molar-refractivity contribution in [3.63, 3.8) is 0 Å². The molecule has 2 aliphatic rings. The number of aromatic nitrogens is 3. The van der Waals surface area contributed by atoms with Crippen LogP contribution in [0.15, 0.2) is 76.8 Å². The maximum Gasteiger partial charge on any atom is 0.261 e. The molecule has 1 aromatic carbocycles. The SMILES string of the molecule is Cc1c(SCc2ccc(C(=O)c3ccc(N4CCC(N5CCCCC5)CC4)nc3)cc2)nc2ccccn2c1=O.Cl.Cl.Cl. The number of carbonyl (C=O) groups excluding carboxylic acids is 1. The Morgan fingerprint density at radius 1 is 0.884 bits per heavy atom. The normalized spacial score (nSPS) is 15.7. The lowest BCUT2D eigenvalue weighted by atomic mass is 10.00.